The van der Waals surface area contributed by atoms with Gasteiger partial charge in [0.1, 0.15) is 0 Å². The smallest absolute Gasteiger partial charge is 0.193 e. The molecular weight excluding hydrogens is 405 g/mol. The normalized spacial score (nSPS) is 10.9. The van der Waals surface area contributed by atoms with Crippen molar-refractivity contribution in [3.8, 4) is 0 Å². The molecule has 0 unspecified atom stereocenters. The maximum Gasteiger partial charge on any atom is 0.193 e. The molecule has 0 heterocycles. The molecule has 3 nitrogen and oxygen atoms in total. The maximum atomic E-state index is 6.00. The minimum absolute atomic E-state index is 0. The maximum absolute atomic E-state index is 6.00. The van der Waals surface area contributed by atoms with Gasteiger partial charge in [0.25, 0.3) is 0 Å². The summed E-state index contributed by atoms with van der Waals surface area (Å²) in [6.45, 7) is 4.59. The van der Waals surface area contributed by atoms with E-state index in [2.05, 4.69) is 34.5 Å². The predicted molar refractivity (Wildman–Crippen MR) is 103 cm³/mol. The number of guanidine groups is 1. The van der Waals surface area contributed by atoms with Crippen LogP contribution in [-0.2, 0) is 6.54 Å². The summed E-state index contributed by atoms with van der Waals surface area (Å²) in [4.78, 5) is 6.72. The van der Waals surface area contributed by atoms with Gasteiger partial charge >= 0.3 is 0 Å². The van der Waals surface area contributed by atoms with Crippen LogP contribution < -0.4 is 5.32 Å². The minimum atomic E-state index is 0. The van der Waals surface area contributed by atoms with Crippen molar-refractivity contribution in [3.05, 3.63) is 34.9 Å². The van der Waals surface area contributed by atoms with Crippen molar-refractivity contribution in [3.63, 3.8) is 0 Å². The monoisotopic (exact) mass is 427 g/mol. The van der Waals surface area contributed by atoms with Gasteiger partial charge in [0.05, 0.1) is 6.54 Å². The van der Waals surface area contributed by atoms with E-state index in [1.54, 1.807) is 0 Å². The van der Waals surface area contributed by atoms with Gasteiger partial charge in [0, 0.05) is 30.9 Å². The van der Waals surface area contributed by atoms with Crippen LogP contribution in [0.3, 0.4) is 0 Å². The molecule has 0 bridgehead atoms. The first-order valence-corrected chi connectivity index (χ1v) is 8.17. The Kier molecular flexibility index (Phi) is 11.4. The molecule has 0 atom stereocenters. The number of halogens is 2. The van der Waals surface area contributed by atoms with Gasteiger partial charge in [-0.2, -0.15) is 11.8 Å². The van der Waals surface area contributed by atoms with E-state index >= 15 is 0 Å². The van der Waals surface area contributed by atoms with Gasteiger partial charge in [0.15, 0.2) is 5.96 Å². The fraction of sp³-hybridized carbons (Fsp3) is 0.500. The van der Waals surface area contributed by atoms with E-state index in [4.69, 9.17) is 11.6 Å². The van der Waals surface area contributed by atoms with Gasteiger partial charge in [-0.25, -0.2) is 0 Å². The molecule has 1 N–H and O–H groups in total. The number of nitrogens with one attached hydrogen (secondary N) is 1. The van der Waals surface area contributed by atoms with Gasteiger partial charge in [-0.05, 0) is 30.9 Å². The average molecular weight is 428 g/mol. The van der Waals surface area contributed by atoms with Gasteiger partial charge < -0.3 is 10.2 Å². The molecule has 114 valence electrons. The van der Waals surface area contributed by atoms with E-state index in [1.165, 1.54) is 5.56 Å². The first-order chi connectivity index (χ1) is 9.17. The molecule has 0 aromatic heterocycles. The number of hydrogen-bond acceptors (Lipinski definition) is 2. The summed E-state index contributed by atoms with van der Waals surface area (Å²) in [6, 6.07) is 7.93. The van der Waals surface area contributed by atoms with Crippen LogP contribution in [-0.4, -0.2) is 43.0 Å². The number of nitrogens with zero attached hydrogens (tertiary/aromatic N) is 2. The SMILES string of the molecule is CCNC(=NCCSC)N(C)Cc1cccc(Cl)c1.I. The van der Waals surface area contributed by atoms with Crippen LogP contribution in [0.25, 0.3) is 0 Å². The number of rotatable bonds is 6. The summed E-state index contributed by atoms with van der Waals surface area (Å²) in [6.07, 6.45) is 2.10. The second kappa shape index (κ2) is 11.5. The summed E-state index contributed by atoms with van der Waals surface area (Å²) in [7, 11) is 2.04. The third kappa shape index (κ3) is 7.59. The van der Waals surface area contributed by atoms with Crippen molar-refractivity contribution in [2.24, 2.45) is 4.99 Å². The molecule has 6 heteroatoms. The number of hydrogen-bond donors (Lipinski definition) is 1. The standard InChI is InChI=1S/C14H22ClN3S.HI/c1-4-16-14(17-8-9-19-3)18(2)11-12-6-5-7-13(15)10-12;/h5-7,10H,4,8-9,11H2,1-3H3,(H,16,17);1H. The summed E-state index contributed by atoms with van der Waals surface area (Å²) in [5, 5.41) is 4.08. The predicted octanol–water partition coefficient (Wildman–Crippen LogP) is 3.72. The first-order valence-electron chi connectivity index (χ1n) is 6.40. The Labute approximate surface area is 148 Å². The molecule has 0 aliphatic rings. The van der Waals surface area contributed by atoms with Crippen molar-refractivity contribution < 1.29 is 0 Å². The third-order valence-electron chi connectivity index (χ3n) is 2.56. The van der Waals surface area contributed by atoms with Crippen molar-refractivity contribution in [2.75, 3.05) is 32.1 Å². The van der Waals surface area contributed by atoms with Gasteiger partial charge in [-0.15, -0.1) is 24.0 Å². The highest BCUT2D eigenvalue weighted by Gasteiger charge is 2.06. The Morgan fingerprint density at radius 2 is 2.20 bits per heavy atom. The molecule has 0 saturated carbocycles. The van der Waals surface area contributed by atoms with Gasteiger partial charge in [0.2, 0.25) is 0 Å². The second-order valence-electron chi connectivity index (χ2n) is 4.21. The van der Waals surface area contributed by atoms with E-state index < -0.39 is 0 Å². The highest BCUT2D eigenvalue weighted by molar-refractivity contribution is 14.0. The first kappa shape index (κ1) is 19.9. The second-order valence-corrected chi connectivity index (χ2v) is 5.64. The van der Waals surface area contributed by atoms with E-state index in [1.807, 2.05) is 37.0 Å². The van der Waals surface area contributed by atoms with Crippen LogP contribution in [0, 0.1) is 0 Å². The van der Waals surface area contributed by atoms with Crippen molar-refractivity contribution in [2.45, 2.75) is 13.5 Å². The minimum Gasteiger partial charge on any atom is -0.357 e. The van der Waals surface area contributed by atoms with Crippen LogP contribution in [0.1, 0.15) is 12.5 Å². The highest BCUT2D eigenvalue weighted by Crippen LogP contribution is 2.12. The lowest BCUT2D eigenvalue weighted by Gasteiger charge is -2.22. The fourth-order valence-corrected chi connectivity index (χ4v) is 2.18. The van der Waals surface area contributed by atoms with E-state index in [0.717, 1.165) is 36.4 Å². The molecule has 0 fully saturated rings. The molecule has 1 aromatic carbocycles. The Morgan fingerprint density at radius 3 is 2.80 bits per heavy atom. The lowest BCUT2D eigenvalue weighted by molar-refractivity contribution is 0.477. The molecule has 0 radical (unpaired) electrons. The van der Waals surface area contributed by atoms with Crippen LogP contribution in [0.15, 0.2) is 29.3 Å². The fourth-order valence-electron chi connectivity index (χ4n) is 1.70. The number of benzene rings is 1. The lowest BCUT2D eigenvalue weighted by Crippen LogP contribution is -2.38. The molecule has 1 rings (SSSR count). The Morgan fingerprint density at radius 1 is 1.45 bits per heavy atom. The zero-order chi connectivity index (χ0) is 14.1. The van der Waals surface area contributed by atoms with Crippen LogP contribution in [0.2, 0.25) is 5.02 Å². The molecule has 1 aromatic rings. The number of thioether (sulfide) groups is 1. The third-order valence-corrected chi connectivity index (χ3v) is 3.39. The quantitative estimate of drug-likeness (QED) is 0.324. The molecule has 0 spiro atoms. The largest absolute Gasteiger partial charge is 0.357 e. The average Bonchev–Trinajstić information content (AvgIpc) is 2.38. The Balaban J connectivity index is 0.00000361. The molecule has 0 aliphatic carbocycles. The zero-order valence-electron chi connectivity index (χ0n) is 12.2. The summed E-state index contributed by atoms with van der Waals surface area (Å²) in [5.41, 5.74) is 1.19. The topological polar surface area (TPSA) is 27.6 Å². The molecule has 0 amide bonds. The van der Waals surface area contributed by atoms with E-state index in [9.17, 15) is 0 Å². The molecular formula is C14H23ClIN3S. The number of aliphatic imine (C=N–C) groups is 1. The van der Waals surface area contributed by atoms with Crippen molar-refractivity contribution >= 4 is 53.3 Å². The Bertz CT molecular complexity index is 415. The van der Waals surface area contributed by atoms with Crippen LogP contribution in [0.4, 0.5) is 0 Å². The molecule has 0 aliphatic heterocycles. The van der Waals surface area contributed by atoms with E-state index in [0.29, 0.717) is 0 Å². The van der Waals surface area contributed by atoms with Crippen molar-refractivity contribution in [1.29, 1.82) is 0 Å². The van der Waals surface area contributed by atoms with Crippen molar-refractivity contribution in [1.82, 2.24) is 10.2 Å². The summed E-state index contributed by atoms with van der Waals surface area (Å²) < 4.78 is 0. The molecule has 20 heavy (non-hydrogen) atoms. The summed E-state index contributed by atoms with van der Waals surface area (Å²) in [5.74, 6) is 1.98. The lowest BCUT2D eigenvalue weighted by atomic mass is 10.2. The van der Waals surface area contributed by atoms with Crippen LogP contribution >= 0.6 is 47.3 Å². The Hall–Kier alpha value is -0.140. The van der Waals surface area contributed by atoms with Gasteiger partial charge in [-0.3, -0.25) is 4.99 Å². The highest BCUT2D eigenvalue weighted by atomic mass is 127. The van der Waals surface area contributed by atoms with Crippen LogP contribution in [0.5, 0.6) is 0 Å². The summed E-state index contributed by atoms with van der Waals surface area (Å²) >= 11 is 7.81. The molecule has 0 saturated heterocycles. The zero-order valence-corrected chi connectivity index (χ0v) is 16.1. The van der Waals surface area contributed by atoms with Gasteiger partial charge in [-0.1, -0.05) is 23.7 Å². The van der Waals surface area contributed by atoms with E-state index in [-0.39, 0.29) is 24.0 Å².